The number of carbonyl (C=O) groups is 1. The Kier molecular flexibility index (Phi) is 3.25. The molecule has 0 bridgehead atoms. The number of carboxylic acid groups (broad SMARTS) is 1. The molecule has 0 spiro atoms. The first-order valence-corrected chi connectivity index (χ1v) is 5.66. The van der Waals surface area contributed by atoms with Crippen LogP contribution in [-0.2, 0) is 11.2 Å². The van der Waals surface area contributed by atoms with Crippen LogP contribution in [0.3, 0.4) is 0 Å². The van der Waals surface area contributed by atoms with E-state index < -0.39 is 12.1 Å². The number of aliphatic carboxylic acids is 1. The highest BCUT2D eigenvalue weighted by atomic mass is 16.4. The minimum Gasteiger partial charge on any atom is -0.481 e. The number of hydrogen-bond donors (Lipinski definition) is 2. The lowest BCUT2D eigenvalue weighted by atomic mass is 9.91. The second-order valence-corrected chi connectivity index (χ2v) is 4.39. The van der Waals surface area contributed by atoms with Crippen molar-refractivity contribution in [1.82, 2.24) is 0 Å². The zero-order valence-electron chi connectivity index (χ0n) is 9.10. The van der Waals surface area contributed by atoms with Gasteiger partial charge in [0.25, 0.3) is 0 Å². The van der Waals surface area contributed by atoms with E-state index in [0.717, 1.165) is 30.4 Å². The van der Waals surface area contributed by atoms with Crippen LogP contribution in [0.5, 0.6) is 0 Å². The number of hydrogen-bond acceptors (Lipinski definition) is 2. The summed E-state index contributed by atoms with van der Waals surface area (Å²) in [7, 11) is 0. The van der Waals surface area contributed by atoms with Crippen LogP contribution in [0.15, 0.2) is 24.3 Å². The summed E-state index contributed by atoms with van der Waals surface area (Å²) in [6.45, 7) is 0. The minimum atomic E-state index is -0.830. The van der Waals surface area contributed by atoms with Crippen molar-refractivity contribution in [3.63, 3.8) is 0 Å². The third-order valence-electron chi connectivity index (χ3n) is 3.28. The van der Waals surface area contributed by atoms with E-state index in [0.29, 0.717) is 0 Å². The lowest BCUT2D eigenvalue weighted by Gasteiger charge is -2.20. The second kappa shape index (κ2) is 4.66. The predicted octanol–water partition coefficient (Wildman–Crippen LogP) is 2.15. The molecule has 0 fully saturated rings. The number of carboxylic acids is 1. The van der Waals surface area contributed by atoms with E-state index in [4.69, 9.17) is 5.11 Å². The predicted molar refractivity (Wildman–Crippen MR) is 60.1 cm³/mol. The number of aliphatic hydroxyl groups excluding tert-OH is 1. The highest BCUT2D eigenvalue weighted by Gasteiger charge is 2.27. The average Bonchev–Trinajstić information content (AvgIpc) is 2.40. The normalized spacial score (nSPS) is 24.6. The SMILES string of the molecule is O=C(O)C[C@H]1CCCc2ccccc2[C@H]1O. The molecule has 2 N–H and O–H groups in total. The van der Waals surface area contributed by atoms with Crippen molar-refractivity contribution in [2.45, 2.75) is 31.8 Å². The van der Waals surface area contributed by atoms with Crippen LogP contribution in [0.4, 0.5) is 0 Å². The molecule has 3 heteroatoms. The molecule has 86 valence electrons. The van der Waals surface area contributed by atoms with Gasteiger partial charge >= 0.3 is 5.97 Å². The van der Waals surface area contributed by atoms with E-state index in [1.807, 2.05) is 24.3 Å². The molecule has 3 nitrogen and oxygen atoms in total. The average molecular weight is 220 g/mol. The van der Waals surface area contributed by atoms with Gasteiger partial charge in [-0.25, -0.2) is 0 Å². The van der Waals surface area contributed by atoms with Crippen molar-refractivity contribution < 1.29 is 15.0 Å². The van der Waals surface area contributed by atoms with Crippen molar-refractivity contribution in [1.29, 1.82) is 0 Å². The van der Waals surface area contributed by atoms with Crippen molar-refractivity contribution >= 4 is 5.97 Å². The van der Waals surface area contributed by atoms with Crippen molar-refractivity contribution in [3.05, 3.63) is 35.4 Å². The van der Waals surface area contributed by atoms with Crippen molar-refractivity contribution in [2.24, 2.45) is 5.92 Å². The molecule has 0 saturated carbocycles. The van der Waals surface area contributed by atoms with Gasteiger partial charge in [-0.3, -0.25) is 4.79 Å². The molecule has 0 aromatic heterocycles. The van der Waals surface area contributed by atoms with Gasteiger partial charge in [-0.05, 0) is 36.3 Å². The Morgan fingerprint density at radius 3 is 2.88 bits per heavy atom. The Labute approximate surface area is 94.7 Å². The summed E-state index contributed by atoms with van der Waals surface area (Å²) in [6.07, 6.45) is 2.09. The van der Waals surface area contributed by atoms with Gasteiger partial charge < -0.3 is 10.2 Å². The Morgan fingerprint density at radius 2 is 2.12 bits per heavy atom. The van der Waals surface area contributed by atoms with E-state index in [1.165, 1.54) is 0 Å². The molecule has 2 rings (SSSR count). The molecule has 0 unspecified atom stereocenters. The van der Waals surface area contributed by atoms with Crippen LogP contribution in [0.1, 0.15) is 36.5 Å². The summed E-state index contributed by atoms with van der Waals surface area (Å²) < 4.78 is 0. The Hall–Kier alpha value is -1.35. The number of benzene rings is 1. The molecule has 0 amide bonds. The molecule has 0 aliphatic heterocycles. The molecule has 1 aromatic carbocycles. The summed E-state index contributed by atoms with van der Waals surface area (Å²) in [5.41, 5.74) is 2.06. The third kappa shape index (κ3) is 2.25. The van der Waals surface area contributed by atoms with E-state index in [2.05, 4.69) is 0 Å². The van der Waals surface area contributed by atoms with Gasteiger partial charge in [0.2, 0.25) is 0 Å². The van der Waals surface area contributed by atoms with E-state index in [9.17, 15) is 9.90 Å². The van der Waals surface area contributed by atoms with E-state index in [1.54, 1.807) is 0 Å². The fraction of sp³-hybridized carbons (Fsp3) is 0.462. The minimum absolute atomic E-state index is 0.0511. The smallest absolute Gasteiger partial charge is 0.303 e. The molecule has 1 aliphatic carbocycles. The molecule has 1 aliphatic rings. The Morgan fingerprint density at radius 1 is 1.38 bits per heavy atom. The van der Waals surface area contributed by atoms with Crippen LogP contribution in [-0.4, -0.2) is 16.2 Å². The van der Waals surface area contributed by atoms with Gasteiger partial charge in [0, 0.05) is 0 Å². The lowest BCUT2D eigenvalue weighted by molar-refractivity contribution is -0.139. The van der Waals surface area contributed by atoms with Crippen LogP contribution < -0.4 is 0 Å². The Balaban J connectivity index is 2.26. The summed E-state index contributed by atoms with van der Waals surface area (Å²) in [4.78, 5) is 10.7. The zero-order chi connectivity index (χ0) is 11.5. The Bertz CT molecular complexity index is 387. The third-order valence-corrected chi connectivity index (χ3v) is 3.28. The van der Waals surface area contributed by atoms with Gasteiger partial charge in [0.1, 0.15) is 0 Å². The van der Waals surface area contributed by atoms with Gasteiger partial charge in [-0.2, -0.15) is 0 Å². The fourth-order valence-electron chi connectivity index (χ4n) is 2.45. The highest BCUT2D eigenvalue weighted by molar-refractivity contribution is 5.67. The highest BCUT2D eigenvalue weighted by Crippen LogP contribution is 2.34. The van der Waals surface area contributed by atoms with Crippen LogP contribution >= 0.6 is 0 Å². The number of aryl methyl sites for hydroxylation is 1. The summed E-state index contributed by atoms with van der Waals surface area (Å²) in [6, 6.07) is 7.77. The standard InChI is InChI=1S/C13H16O3/c14-12(15)8-10-6-3-5-9-4-1-2-7-11(9)13(10)16/h1-2,4,7,10,13,16H,3,5-6,8H2,(H,14,15)/t10-,13+/m1/s1. The fourth-order valence-corrected chi connectivity index (χ4v) is 2.45. The molecule has 0 heterocycles. The van der Waals surface area contributed by atoms with Crippen LogP contribution in [0, 0.1) is 5.92 Å². The van der Waals surface area contributed by atoms with Crippen LogP contribution in [0.2, 0.25) is 0 Å². The molecule has 2 atom stereocenters. The number of rotatable bonds is 2. The molecular formula is C13H16O3. The molecule has 0 saturated heterocycles. The first kappa shape index (κ1) is 11.1. The van der Waals surface area contributed by atoms with Crippen LogP contribution in [0.25, 0.3) is 0 Å². The van der Waals surface area contributed by atoms with Gasteiger partial charge in [-0.1, -0.05) is 24.3 Å². The second-order valence-electron chi connectivity index (χ2n) is 4.39. The largest absolute Gasteiger partial charge is 0.481 e. The maximum atomic E-state index is 10.7. The number of aliphatic hydroxyl groups is 1. The lowest BCUT2D eigenvalue weighted by Crippen LogP contribution is -2.15. The zero-order valence-corrected chi connectivity index (χ0v) is 9.10. The first-order chi connectivity index (χ1) is 7.68. The van der Waals surface area contributed by atoms with Gasteiger partial charge in [0.05, 0.1) is 12.5 Å². The molecular weight excluding hydrogens is 204 g/mol. The maximum Gasteiger partial charge on any atom is 0.303 e. The first-order valence-electron chi connectivity index (χ1n) is 5.66. The molecule has 16 heavy (non-hydrogen) atoms. The quantitative estimate of drug-likeness (QED) is 0.751. The topological polar surface area (TPSA) is 57.5 Å². The van der Waals surface area contributed by atoms with Crippen molar-refractivity contribution in [3.8, 4) is 0 Å². The van der Waals surface area contributed by atoms with Gasteiger partial charge in [-0.15, -0.1) is 0 Å². The maximum absolute atomic E-state index is 10.7. The van der Waals surface area contributed by atoms with E-state index >= 15 is 0 Å². The summed E-state index contributed by atoms with van der Waals surface area (Å²) >= 11 is 0. The summed E-state index contributed by atoms with van der Waals surface area (Å²) in [5, 5.41) is 19.0. The van der Waals surface area contributed by atoms with E-state index in [-0.39, 0.29) is 12.3 Å². The van der Waals surface area contributed by atoms with Gasteiger partial charge in [0.15, 0.2) is 0 Å². The van der Waals surface area contributed by atoms with Crippen molar-refractivity contribution in [2.75, 3.05) is 0 Å². The number of fused-ring (bicyclic) bond motifs is 1. The molecule has 1 aromatic rings. The summed E-state index contributed by atoms with van der Waals surface area (Å²) in [5.74, 6) is -0.982. The molecule has 0 radical (unpaired) electrons. The monoisotopic (exact) mass is 220 g/mol.